The van der Waals surface area contributed by atoms with E-state index in [1.165, 1.54) is 0 Å². The molecule has 0 unspecified atom stereocenters. The van der Waals surface area contributed by atoms with Crippen molar-refractivity contribution in [2.75, 3.05) is 13.2 Å². The van der Waals surface area contributed by atoms with Crippen molar-refractivity contribution in [3.63, 3.8) is 0 Å². The average molecular weight is 439 g/mol. The van der Waals surface area contributed by atoms with Crippen LogP contribution in [0.3, 0.4) is 0 Å². The van der Waals surface area contributed by atoms with Crippen LogP contribution in [-0.4, -0.2) is 54.2 Å². The third-order valence-electron chi connectivity index (χ3n) is 5.76. The van der Waals surface area contributed by atoms with Gasteiger partial charge in [0.25, 0.3) is 0 Å². The summed E-state index contributed by atoms with van der Waals surface area (Å²) >= 11 is 0. The van der Waals surface area contributed by atoms with Gasteiger partial charge >= 0.3 is 5.97 Å². The molecule has 1 spiro atoms. The van der Waals surface area contributed by atoms with E-state index in [9.17, 15) is 9.90 Å². The fourth-order valence-electron chi connectivity index (χ4n) is 4.27. The number of benzene rings is 2. The van der Waals surface area contributed by atoms with Crippen LogP contribution in [0.1, 0.15) is 17.5 Å². The predicted molar refractivity (Wildman–Crippen MR) is 114 cm³/mol. The highest BCUT2D eigenvalue weighted by Crippen LogP contribution is 2.43. The van der Waals surface area contributed by atoms with E-state index in [1.807, 2.05) is 60.7 Å². The van der Waals surface area contributed by atoms with Gasteiger partial charge in [-0.25, -0.2) is 4.79 Å². The second kappa shape index (κ2) is 10.1. The summed E-state index contributed by atoms with van der Waals surface area (Å²) in [6, 6.07) is 19.1. The molecule has 2 saturated heterocycles. The summed E-state index contributed by atoms with van der Waals surface area (Å²) in [6.45, 7) is 0.769. The Morgan fingerprint density at radius 1 is 1.09 bits per heavy atom. The van der Waals surface area contributed by atoms with Crippen molar-refractivity contribution in [2.45, 2.75) is 49.7 Å². The van der Waals surface area contributed by atoms with E-state index in [-0.39, 0.29) is 32.5 Å². The van der Waals surface area contributed by atoms with E-state index in [0.717, 1.165) is 11.1 Å². The molecule has 2 aromatic rings. The summed E-state index contributed by atoms with van der Waals surface area (Å²) < 4.78 is 24.2. The zero-order chi connectivity index (χ0) is 22.4. The van der Waals surface area contributed by atoms with E-state index < -0.39 is 29.9 Å². The number of hydrogen-bond donors (Lipinski definition) is 1. The molecule has 1 N–H and O–H groups in total. The molecule has 2 aliphatic heterocycles. The van der Waals surface area contributed by atoms with Gasteiger partial charge < -0.3 is 24.1 Å². The van der Waals surface area contributed by atoms with Crippen molar-refractivity contribution in [3.05, 3.63) is 82.2 Å². The highest BCUT2D eigenvalue weighted by molar-refractivity contribution is 5.74. The maximum Gasteiger partial charge on any atom is 0.335 e. The van der Waals surface area contributed by atoms with Gasteiger partial charge in [-0.1, -0.05) is 65.8 Å². The monoisotopic (exact) mass is 439 g/mol. The smallest absolute Gasteiger partial charge is 0.335 e. The molecule has 0 amide bonds. The SMILES string of the molecule is [N-]=[N+]=NC[C@@H]1C[C@@]2(CO1)O[C@H](C(=O)O)[C@@H](OCc1ccccc1)[C@@H]2OCc1ccccc1. The van der Waals surface area contributed by atoms with Gasteiger partial charge in [0.2, 0.25) is 0 Å². The minimum absolute atomic E-state index is 0.132. The van der Waals surface area contributed by atoms with Gasteiger partial charge in [-0.05, 0) is 16.7 Å². The third-order valence-corrected chi connectivity index (χ3v) is 5.76. The molecule has 168 valence electrons. The summed E-state index contributed by atoms with van der Waals surface area (Å²) in [5.74, 6) is -1.12. The quantitative estimate of drug-likeness (QED) is 0.362. The van der Waals surface area contributed by atoms with E-state index in [1.54, 1.807) is 0 Å². The van der Waals surface area contributed by atoms with E-state index in [0.29, 0.717) is 6.42 Å². The van der Waals surface area contributed by atoms with Gasteiger partial charge in [-0.3, -0.25) is 0 Å². The molecule has 0 saturated carbocycles. The second-order valence-corrected chi connectivity index (χ2v) is 7.97. The number of aliphatic carboxylic acids is 1. The molecule has 0 aliphatic carbocycles. The molecule has 0 aromatic heterocycles. The van der Waals surface area contributed by atoms with Gasteiger partial charge in [0.15, 0.2) is 6.10 Å². The minimum Gasteiger partial charge on any atom is -0.479 e. The van der Waals surface area contributed by atoms with Gasteiger partial charge in [-0.15, -0.1) is 0 Å². The van der Waals surface area contributed by atoms with Crippen LogP contribution in [0.2, 0.25) is 0 Å². The maximum atomic E-state index is 12.1. The lowest BCUT2D eigenvalue weighted by molar-refractivity contribution is -0.160. The van der Waals surface area contributed by atoms with Crippen molar-refractivity contribution < 1.29 is 28.8 Å². The summed E-state index contributed by atoms with van der Waals surface area (Å²) in [5, 5.41) is 13.5. The maximum absolute atomic E-state index is 12.1. The molecule has 9 heteroatoms. The third kappa shape index (κ3) is 4.93. The van der Waals surface area contributed by atoms with Crippen molar-refractivity contribution in [3.8, 4) is 0 Å². The number of carboxylic acid groups (broad SMARTS) is 1. The molecule has 5 atom stereocenters. The molecule has 2 aliphatic rings. The van der Waals surface area contributed by atoms with Crippen LogP contribution in [0.4, 0.5) is 0 Å². The van der Waals surface area contributed by atoms with Gasteiger partial charge in [0.05, 0.1) is 32.5 Å². The van der Waals surface area contributed by atoms with Crippen LogP contribution >= 0.6 is 0 Å². The standard InChI is InChI=1S/C23H25N3O6/c24-26-25-12-18-11-23(15-31-18)21(30-14-17-9-5-2-6-10-17)19(20(32-23)22(27)28)29-13-16-7-3-1-4-8-16/h1-10,18-21H,11-15H2,(H,27,28)/t18-,19+,20-,21-,23-/m0/s1. The Kier molecular flexibility index (Phi) is 7.04. The molecule has 9 nitrogen and oxygen atoms in total. The normalized spacial score (nSPS) is 29.1. The molecule has 0 bridgehead atoms. The van der Waals surface area contributed by atoms with E-state index in [2.05, 4.69) is 10.0 Å². The fourth-order valence-corrected chi connectivity index (χ4v) is 4.27. The molecule has 2 aromatic carbocycles. The highest BCUT2D eigenvalue weighted by atomic mass is 16.6. The Morgan fingerprint density at radius 2 is 1.72 bits per heavy atom. The van der Waals surface area contributed by atoms with Crippen LogP contribution in [0, 0.1) is 0 Å². The zero-order valence-corrected chi connectivity index (χ0v) is 17.4. The van der Waals surface area contributed by atoms with Crippen LogP contribution in [0.5, 0.6) is 0 Å². The summed E-state index contributed by atoms with van der Waals surface area (Å²) in [4.78, 5) is 14.9. The Balaban J connectivity index is 1.57. The molecular formula is C23H25N3O6. The first-order chi connectivity index (χ1) is 15.6. The molecule has 4 rings (SSSR count). The lowest BCUT2D eigenvalue weighted by Gasteiger charge is -2.30. The second-order valence-electron chi connectivity index (χ2n) is 7.97. The summed E-state index contributed by atoms with van der Waals surface area (Å²) in [5.41, 5.74) is 9.50. The summed E-state index contributed by atoms with van der Waals surface area (Å²) in [7, 11) is 0. The van der Waals surface area contributed by atoms with Crippen LogP contribution in [0.15, 0.2) is 65.8 Å². The lowest BCUT2D eigenvalue weighted by Crippen LogP contribution is -2.47. The Labute approximate surface area is 185 Å². The predicted octanol–water partition coefficient (Wildman–Crippen LogP) is 3.48. The van der Waals surface area contributed by atoms with Crippen LogP contribution < -0.4 is 0 Å². The Bertz CT molecular complexity index is 953. The largest absolute Gasteiger partial charge is 0.479 e. The topological polar surface area (TPSA) is 123 Å². The number of azide groups is 1. The van der Waals surface area contributed by atoms with Gasteiger partial charge in [-0.2, -0.15) is 0 Å². The number of ether oxygens (including phenoxy) is 4. The number of rotatable bonds is 9. The van der Waals surface area contributed by atoms with Crippen molar-refractivity contribution in [1.82, 2.24) is 0 Å². The summed E-state index contributed by atoms with van der Waals surface area (Å²) in [6.07, 6.45) is -2.75. The first-order valence-electron chi connectivity index (χ1n) is 10.5. The van der Waals surface area contributed by atoms with Crippen molar-refractivity contribution >= 4 is 5.97 Å². The van der Waals surface area contributed by atoms with Gasteiger partial charge in [0.1, 0.15) is 17.8 Å². The van der Waals surface area contributed by atoms with E-state index in [4.69, 9.17) is 24.5 Å². The van der Waals surface area contributed by atoms with E-state index >= 15 is 0 Å². The fraction of sp³-hybridized carbons (Fsp3) is 0.435. The highest BCUT2D eigenvalue weighted by Gasteiger charge is 2.62. The molecular weight excluding hydrogens is 414 g/mol. The minimum atomic E-state index is -1.21. The number of carbonyl (C=O) groups is 1. The lowest BCUT2D eigenvalue weighted by atomic mass is 9.91. The Hall–Kier alpha value is -2.94. The molecule has 32 heavy (non-hydrogen) atoms. The Morgan fingerprint density at radius 3 is 2.31 bits per heavy atom. The number of carboxylic acids is 1. The molecule has 0 radical (unpaired) electrons. The van der Waals surface area contributed by atoms with Crippen LogP contribution in [-0.2, 0) is 37.0 Å². The van der Waals surface area contributed by atoms with Gasteiger partial charge in [0, 0.05) is 11.3 Å². The van der Waals surface area contributed by atoms with Crippen molar-refractivity contribution in [2.24, 2.45) is 5.11 Å². The first kappa shape index (κ1) is 22.3. The van der Waals surface area contributed by atoms with Crippen LogP contribution in [0.25, 0.3) is 10.4 Å². The molecule has 2 fully saturated rings. The number of nitrogens with zero attached hydrogens (tertiary/aromatic N) is 3. The number of hydrogen-bond acceptors (Lipinski definition) is 6. The average Bonchev–Trinajstić information content (AvgIpc) is 3.37. The molecule has 2 heterocycles. The zero-order valence-electron chi connectivity index (χ0n) is 17.4. The first-order valence-corrected chi connectivity index (χ1v) is 10.5. The van der Waals surface area contributed by atoms with Crippen molar-refractivity contribution in [1.29, 1.82) is 0 Å².